The van der Waals surface area contributed by atoms with Gasteiger partial charge in [0.25, 0.3) is 5.91 Å². The number of nitrogens with two attached hydrogens (primary N) is 1. The number of carbonyl (C=O) groups is 2. The molecule has 0 radical (unpaired) electrons. The van der Waals surface area contributed by atoms with Crippen molar-refractivity contribution in [1.82, 2.24) is 10.6 Å². The second-order valence-electron chi connectivity index (χ2n) is 4.22. The molecule has 1 aromatic carbocycles. The van der Waals surface area contributed by atoms with Gasteiger partial charge in [0.15, 0.2) is 0 Å². The summed E-state index contributed by atoms with van der Waals surface area (Å²) in [7, 11) is 1.55. The number of anilines is 1. The van der Waals surface area contributed by atoms with E-state index in [-0.39, 0.29) is 11.8 Å². The van der Waals surface area contributed by atoms with Crippen LogP contribution in [0.25, 0.3) is 0 Å². The van der Waals surface area contributed by atoms with Gasteiger partial charge < -0.3 is 21.1 Å². The summed E-state index contributed by atoms with van der Waals surface area (Å²) in [5.41, 5.74) is 6.58. The van der Waals surface area contributed by atoms with Crippen LogP contribution in [0.1, 0.15) is 17.3 Å². The molecule has 1 rings (SSSR count). The topological polar surface area (TPSA) is 93.5 Å². The summed E-state index contributed by atoms with van der Waals surface area (Å²) in [6.07, 6.45) is 0. The number of carbonyl (C=O) groups excluding carboxylic acids is 2. The average Bonchev–Trinajstić information content (AvgIpc) is 2.41. The highest BCUT2D eigenvalue weighted by Gasteiger charge is 2.16. The summed E-state index contributed by atoms with van der Waals surface area (Å²) < 4.78 is 5.55. The Morgan fingerprint density at radius 3 is 2.75 bits per heavy atom. The van der Waals surface area contributed by atoms with Crippen molar-refractivity contribution in [2.75, 3.05) is 26.0 Å². The lowest BCUT2D eigenvalue weighted by Gasteiger charge is -2.14. The SMILES string of the molecule is COCCNC(=O)C(C)NC(=O)c1ccc(Br)c(N)c1. The lowest BCUT2D eigenvalue weighted by molar-refractivity contribution is -0.122. The standard InChI is InChI=1S/C13H18BrN3O3/c1-8(12(18)16-5-6-20-2)17-13(19)9-3-4-10(14)11(15)7-9/h3-4,7-8H,5-6,15H2,1-2H3,(H,16,18)(H,17,19). The van der Waals surface area contributed by atoms with Gasteiger partial charge in [-0.15, -0.1) is 0 Å². The van der Waals surface area contributed by atoms with Gasteiger partial charge in [0.2, 0.25) is 5.91 Å². The molecule has 6 nitrogen and oxygen atoms in total. The highest BCUT2D eigenvalue weighted by molar-refractivity contribution is 9.10. The van der Waals surface area contributed by atoms with Gasteiger partial charge in [-0.05, 0) is 41.1 Å². The molecule has 4 N–H and O–H groups in total. The molecule has 1 atom stereocenters. The molecule has 0 saturated heterocycles. The van der Waals surface area contributed by atoms with Crippen LogP contribution in [0.2, 0.25) is 0 Å². The monoisotopic (exact) mass is 343 g/mol. The van der Waals surface area contributed by atoms with Gasteiger partial charge in [-0.2, -0.15) is 0 Å². The number of amides is 2. The van der Waals surface area contributed by atoms with Crippen molar-refractivity contribution in [3.8, 4) is 0 Å². The van der Waals surface area contributed by atoms with E-state index in [1.165, 1.54) is 0 Å². The van der Waals surface area contributed by atoms with Crippen LogP contribution in [0.15, 0.2) is 22.7 Å². The van der Waals surface area contributed by atoms with E-state index in [1.807, 2.05) is 0 Å². The van der Waals surface area contributed by atoms with Gasteiger partial charge in [0.1, 0.15) is 6.04 Å². The number of benzene rings is 1. The Labute approximate surface area is 126 Å². The van der Waals surface area contributed by atoms with E-state index in [2.05, 4.69) is 26.6 Å². The van der Waals surface area contributed by atoms with Gasteiger partial charge in [0, 0.05) is 29.4 Å². The van der Waals surface area contributed by atoms with Gasteiger partial charge in [-0.3, -0.25) is 9.59 Å². The second-order valence-corrected chi connectivity index (χ2v) is 5.07. The number of hydrogen-bond donors (Lipinski definition) is 3. The number of hydrogen-bond acceptors (Lipinski definition) is 4. The van der Waals surface area contributed by atoms with Crippen LogP contribution >= 0.6 is 15.9 Å². The highest BCUT2D eigenvalue weighted by atomic mass is 79.9. The van der Waals surface area contributed by atoms with Gasteiger partial charge in [-0.25, -0.2) is 0 Å². The van der Waals surface area contributed by atoms with Crippen molar-refractivity contribution >= 4 is 33.4 Å². The highest BCUT2D eigenvalue weighted by Crippen LogP contribution is 2.20. The summed E-state index contributed by atoms with van der Waals surface area (Å²) >= 11 is 3.26. The predicted molar refractivity (Wildman–Crippen MR) is 80.4 cm³/mol. The summed E-state index contributed by atoms with van der Waals surface area (Å²) in [6, 6.07) is 4.23. The molecule has 0 aliphatic heterocycles. The summed E-state index contributed by atoms with van der Waals surface area (Å²) in [5.74, 6) is -0.612. The number of nitrogen functional groups attached to an aromatic ring is 1. The first-order chi connectivity index (χ1) is 9.45. The summed E-state index contributed by atoms with van der Waals surface area (Å²) in [6.45, 7) is 2.44. The van der Waals surface area contributed by atoms with E-state index in [0.717, 1.165) is 4.47 Å². The van der Waals surface area contributed by atoms with Crippen molar-refractivity contribution in [2.24, 2.45) is 0 Å². The van der Waals surface area contributed by atoms with Crippen LogP contribution in [0.4, 0.5) is 5.69 Å². The van der Waals surface area contributed by atoms with E-state index in [4.69, 9.17) is 10.5 Å². The molecule has 110 valence electrons. The van der Waals surface area contributed by atoms with Crippen molar-refractivity contribution in [1.29, 1.82) is 0 Å². The maximum atomic E-state index is 12.0. The Morgan fingerprint density at radius 2 is 2.15 bits per heavy atom. The first-order valence-electron chi connectivity index (χ1n) is 6.08. The fourth-order valence-corrected chi connectivity index (χ4v) is 1.71. The zero-order chi connectivity index (χ0) is 15.1. The molecule has 0 aromatic heterocycles. The predicted octanol–water partition coefficient (Wildman–Crippen LogP) is 0.912. The van der Waals surface area contributed by atoms with Crippen molar-refractivity contribution in [3.63, 3.8) is 0 Å². The summed E-state index contributed by atoms with van der Waals surface area (Å²) in [4.78, 5) is 23.7. The van der Waals surface area contributed by atoms with Crippen molar-refractivity contribution in [2.45, 2.75) is 13.0 Å². The molecular weight excluding hydrogens is 326 g/mol. The first kappa shape index (κ1) is 16.5. The van der Waals surface area contributed by atoms with Crippen LogP contribution in [-0.4, -0.2) is 38.1 Å². The lowest BCUT2D eigenvalue weighted by Crippen LogP contribution is -2.45. The molecule has 7 heteroatoms. The maximum absolute atomic E-state index is 12.0. The number of methoxy groups -OCH3 is 1. The Bertz CT molecular complexity index is 494. The van der Waals surface area contributed by atoms with Crippen molar-refractivity contribution < 1.29 is 14.3 Å². The minimum absolute atomic E-state index is 0.263. The van der Waals surface area contributed by atoms with Gasteiger partial charge in [-0.1, -0.05) is 0 Å². The normalized spacial score (nSPS) is 11.8. The molecular formula is C13H18BrN3O3. The molecule has 0 aliphatic rings. The Kier molecular flexibility index (Phi) is 6.47. The van der Waals surface area contributed by atoms with Gasteiger partial charge in [0.05, 0.1) is 6.61 Å². The molecule has 0 heterocycles. The third-order valence-corrected chi connectivity index (χ3v) is 3.33. The van der Waals surface area contributed by atoms with Crippen LogP contribution in [0.3, 0.4) is 0 Å². The molecule has 20 heavy (non-hydrogen) atoms. The molecule has 0 saturated carbocycles. The Morgan fingerprint density at radius 1 is 1.45 bits per heavy atom. The van der Waals surface area contributed by atoms with E-state index < -0.39 is 6.04 Å². The van der Waals surface area contributed by atoms with Crippen LogP contribution < -0.4 is 16.4 Å². The van der Waals surface area contributed by atoms with Crippen molar-refractivity contribution in [3.05, 3.63) is 28.2 Å². The smallest absolute Gasteiger partial charge is 0.251 e. The number of ether oxygens (including phenoxy) is 1. The lowest BCUT2D eigenvalue weighted by atomic mass is 10.1. The number of halogens is 1. The fraction of sp³-hybridized carbons (Fsp3) is 0.385. The van der Waals surface area contributed by atoms with Crippen LogP contribution in [-0.2, 0) is 9.53 Å². The molecule has 0 fully saturated rings. The third-order valence-electron chi connectivity index (χ3n) is 2.60. The average molecular weight is 344 g/mol. The molecule has 1 aromatic rings. The van der Waals surface area contributed by atoms with Crippen LogP contribution in [0.5, 0.6) is 0 Å². The quantitative estimate of drug-likeness (QED) is 0.528. The molecule has 1 unspecified atom stereocenters. The van der Waals surface area contributed by atoms with E-state index in [9.17, 15) is 9.59 Å². The second kappa shape index (κ2) is 7.86. The molecule has 2 amide bonds. The van der Waals surface area contributed by atoms with Gasteiger partial charge >= 0.3 is 0 Å². The molecule has 0 bridgehead atoms. The molecule has 0 spiro atoms. The zero-order valence-corrected chi connectivity index (χ0v) is 13.0. The molecule has 0 aliphatic carbocycles. The Hall–Kier alpha value is -1.60. The summed E-state index contributed by atoms with van der Waals surface area (Å²) in [5, 5.41) is 5.26. The van der Waals surface area contributed by atoms with Crippen LogP contribution in [0, 0.1) is 0 Å². The minimum Gasteiger partial charge on any atom is -0.398 e. The number of rotatable bonds is 6. The van der Waals surface area contributed by atoms with E-state index in [1.54, 1.807) is 32.2 Å². The first-order valence-corrected chi connectivity index (χ1v) is 6.87. The zero-order valence-electron chi connectivity index (χ0n) is 11.4. The largest absolute Gasteiger partial charge is 0.398 e. The van der Waals surface area contributed by atoms with E-state index >= 15 is 0 Å². The third kappa shape index (κ3) is 4.82. The fourth-order valence-electron chi connectivity index (χ4n) is 1.46. The number of nitrogens with one attached hydrogen (secondary N) is 2. The van der Waals surface area contributed by atoms with E-state index in [0.29, 0.717) is 24.4 Å². The minimum atomic E-state index is -0.635. The Balaban J connectivity index is 2.56. The maximum Gasteiger partial charge on any atom is 0.251 e.